The number of nitrogens with one attached hydrogen (secondary N) is 2. The number of rotatable bonds is 5. The van der Waals surface area contributed by atoms with Crippen LogP contribution in [0.15, 0.2) is 4.99 Å². The van der Waals surface area contributed by atoms with Gasteiger partial charge in [0.2, 0.25) is 0 Å². The summed E-state index contributed by atoms with van der Waals surface area (Å²) in [6.45, 7) is 5.25. The molecule has 0 spiro atoms. The maximum Gasteiger partial charge on any atom is 0.191 e. The topological polar surface area (TPSA) is 58.1 Å². The van der Waals surface area contributed by atoms with Crippen LogP contribution in [-0.2, 0) is 9.47 Å². The molecule has 2 aliphatic rings. The van der Waals surface area contributed by atoms with Gasteiger partial charge in [0.25, 0.3) is 0 Å². The van der Waals surface area contributed by atoms with Crippen molar-refractivity contribution in [2.75, 3.05) is 60.7 Å². The molecule has 0 aromatic heterocycles. The number of hydrogen-bond donors (Lipinski definition) is 2. The summed E-state index contributed by atoms with van der Waals surface area (Å²) in [5.74, 6) is 1.49. The molecule has 0 bridgehead atoms. The highest BCUT2D eigenvalue weighted by molar-refractivity contribution is 5.79. The Balaban J connectivity index is 1.80. The Morgan fingerprint density at radius 2 is 1.95 bits per heavy atom. The van der Waals surface area contributed by atoms with Crippen LogP contribution >= 0.6 is 0 Å². The van der Waals surface area contributed by atoms with Gasteiger partial charge in [-0.05, 0) is 33.4 Å². The number of guanidine groups is 1. The molecule has 0 amide bonds. The van der Waals surface area contributed by atoms with Gasteiger partial charge < -0.3 is 25.0 Å². The molecule has 2 saturated heterocycles. The van der Waals surface area contributed by atoms with Gasteiger partial charge in [-0.2, -0.15) is 0 Å². The molecular formula is C15H30N4O2. The average molecular weight is 298 g/mol. The van der Waals surface area contributed by atoms with E-state index in [9.17, 15) is 0 Å². The average Bonchev–Trinajstić information content (AvgIpc) is 3.01. The maximum absolute atomic E-state index is 5.51. The third kappa shape index (κ3) is 4.56. The standard InChI is InChI=1S/C15H30N4O2/c1-16-14(17-10-13-4-7-21-11-13)18-12-15(19(2)3)5-8-20-9-6-15/h13H,4-12H2,1-3H3,(H2,16,17,18). The number of nitrogens with zero attached hydrogens (tertiary/aromatic N) is 2. The van der Waals surface area contributed by atoms with Crippen LogP contribution in [0.2, 0.25) is 0 Å². The largest absolute Gasteiger partial charge is 0.381 e. The molecule has 0 aromatic carbocycles. The Labute approximate surface area is 128 Å². The van der Waals surface area contributed by atoms with E-state index < -0.39 is 0 Å². The molecule has 0 radical (unpaired) electrons. The molecule has 6 heteroatoms. The van der Waals surface area contributed by atoms with Crippen molar-refractivity contribution in [3.05, 3.63) is 0 Å². The van der Waals surface area contributed by atoms with E-state index in [1.807, 2.05) is 7.05 Å². The molecule has 0 aromatic rings. The van der Waals surface area contributed by atoms with Gasteiger partial charge in [0.15, 0.2) is 5.96 Å². The van der Waals surface area contributed by atoms with Crippen LogP contribution in [0.5, 0.6) is 0 Å². The van der Waals surface area contributed by atoms with Gasteiger partial charge in [0.05, 0.1) is 6.61 Å². The number of hydrogen-bond acceptors (Lipinski definition) is 4. The molecule has 2 heterocycles. The van der Waals surface area contributed by atoms with E-state index in [-0.39, 0.29) is 5.54 Å². The highest BCUT2D eigenvalue weighted by atomic mass is 16.5. The summed E-state index contributed by atoms with van der Waals surface area (Å²) in [4.78, 5) is 6.65. The fourth-order valence-electron chi connectivity index (χ4n) is 2.99. The first-order valence-corrected chi connectivity index (χ1v) is 7.94. The van der Waals surface area contributed by atoms with Crippen LogP contribution in [0.25, 0.3) is 0 Å². The summed E-state index contributed by atoms with van der Waals surface area (Å²) < 4.78 is 10.9. The second kappa shape index (κ2) is 7.96. The molecule has 2 fully saturated rings. The molecule has 2 aliphatic heterocycles. The Bertz CT molecular complexity index is 335. The van der Waals surface area contributed by atoms with E-state index >= 15 is 0 Å². The van der Waals surface area contributed by atoms with Crippen molar-refractivity contribution >= 4 is 5.96 Å². The van der Waals surface area contributed by atoms with Crippen LogP contribution in [0.4, 0.5) is 0 Å². The van der Waals surface area contributed by atoms with E-state index in [1.54, 1.807) is 0 Å². The van der Waals surface area contributed by atoms with Gasteiger partial charge in [0, 0.05) is 51.4 Å². The molecule has 2 N–H and O–H groups in total. The lowest BCUT2D eigenvalue weighted by Crippen LogP contribution is -2.57. The van der Waals surface area contributed by atoms with E-state index in [0.717, 1.165) is 64.7 Å². The fraction of sp³-hybridized carbons (Fsp3) is 0.933. The third-order valence-corrected chi connectivity index (χ3v) is 4.76. The predicted octanol–water partition coefficient (Wildman–Crippen LogP) is 0.299. The second-order valence-corrected chi connectivity index (χ2v) is 6.27. The first kappa shape index (κ1) is 16.5. The van der Waals surface area contributed by atoms with Crippen molar-refractivity contribution < 1.29 is 9.47 Å². The zero-order chi connectivity index (χ0) is 15.1. The number of likely N-dealkylation sites (N-methyl/N-ethyl adjacent to an activating group) is 1. The zero-order valence-corrected chi connectivity index (χ0v) is 13.7. The third-order valence-electron chi connectivity index (χ3n) is 4.76. The second-order valence-electron chi connectivity index (χ2n) is 6.27. The summed E-state index contributed by atoms with van der Waals surface area (Å²) in [6, 6.07) is 0. The molecule has 21 heavy (non-hydrogen) atoms. The smallest absolute Gasteiger partial charge is 0.191 e. The predicted molar refractivity (Wildman–Crippen MR) is 84.8 cm³/mol. The van der Waals surface area contributed by atoms with Gasteiger partial charge in [-0.15, -0.1) is 0 Å². The molecular weight excluding hydrogens is 268 g/mol. The summed E-state index contributed by atoms with van der Waals surface area (Å²) >= 11 is 0. The molecule has 1 unspecified atom stereocenters. The van der Waals surface area contributed by atoms with Crippen LogP contribution in [0, 0.1) is 5.92 Å². The van der Waals surface area contributed by atoms with Crippen molar-refractivity contribution in [3.8, 4) is 0 Å². The van der Waals surface area contributed by atoms with Crippen molar-refractivity contribution in [1.82, 2.24) is 15.5 Å². The highest BCUT2D eigenvalue weighted by Gasteiger charge is 2.34. The molecule has 1 atom stereocenters. The van der Waals surface area contributed by atoms with Crippen LogP contribution in [0.1, 0.15) is 19.3 Å². The van der Waals surface area contributed by atoms with Gasteiger partial charge in [-0.25, -0.2) is 0 Å². The van der Waals surface area contributed by atoms with E-state index in [2.05, 4.69) is 34.6 Å². The minimum absolute atomic E-state index is 0.159. The maximum atomic E-state index is 5.51. The van der Waals surface area contributed by atoms with E-state index in [0.29, 0.717) is 5.92 Å². The number of aliphatic imine (C=N–C) groups is 1. The van der Waals surface area contributed by atoms with E-state index in [1.165, 1.54) is 0 Å². The normalized spacial score (nSPS) is 26.1. The van der Waals surface area contributed by atoms with Crippen molar-refractivity contribution in [3.63, 3.8) is 0 Å². The monoisotopic (exact) mass is 298 g/mol. The van der Waals surface area contributed by atoms with Crippen molar-refractivity contribution in [1.29, 1.82) is 0 Å². The van der Waals surface area contributed by atoms with Gasteiger partial charge in [0.1, 0.15) is 0 Å². The molecule has 122 valence electrons. The minimum Gasteiger partial charge on any atom is -0.381 e. The Hall–Kier alpha value is -0.850. The quantitative estimate of drug-likeness (QED) is 0.565. The summed E-state index contributed by atoms with van der Waals surface area (Å²) in [6.07, 6.45) is 3.25. The molecule has 6 nitrogen and oxygen atoms in total. The lowest BCUT2D eigenvalue weighted by Gasteiger charge is -2.43. The summed E-state index contributed by atoms with van der Waals surface area (Å²) in [7, 11) is 6.13. The first-order chi connectivity index (χ1) is 10.2. The van der Waals surface area contributed by atoms with Crippen molar-refractivity contribution in [2.24, 2.45) is 10.9 Å². The van der Waals surface area contributed by atoms with E-state index in [4.69, 9.17) is 9.47 Å². The molecule has 0 saturated carbocycles. The van der Waals surface area contributed by atoms with Crippen LogP contribution in [-0.4, -0.2) is 77.1 Å². The Morgan fingerprint density at radius 1 is 1.19 bits per heavy atom. The van der Waals surface area contributed by atoms with Gasteiger partial charge in [-0.3, -0.25) is 4.99 Å². The highest BCUT2D eigenvalue weighted by Crippen LogP contribution is 2.24. The SMILES string of the molecule is CN=C(NCC1CCOC1)NCC1(N(C)C)CCOCC1. The van der Waals surface area contributed by atoms with Crippen molar-refractivity contribution in [2.45, 2.75) is 24.8 Å². The van der Waals surface area contributed by atoms with Crippen LogP contribution in [0.3, 0.4) is 0 Å². The molecule has 2 rings (SSSR count). The molecule has 0 aliphatic carbocycles. The van der Waals surface area contributed by atoms with Crippen LogP contribution < -0.4 is 10.6 Å². The zero-order valence-electron chi connectivity index (χ0n) is 13.7. The number of ether oxygens (including phenoxy) is 2. The summed E-state index contributed by atoms with van der Waals surface area (Å²) in [5, 5.41) is 6.90. The minimum atomic E-state index is 0.159. The Kier molecular flexibility index (Phi) is 6.26. The first-order valence-electron chi connectivity index (χ1n) is 7.94. The summed E-state index contributed by atoms with van der Waals surface area (Å²) in [5.41, 5.74) is 0.159. The van der Waals surface area contributed by atoms with Gasteiger partial charge in [-0.1, -0.05) is 0 Å². The lowest BCUT2D eigenvalue weighted by molar-refractivity contribution is -0.00501. The Morgan fingerprint density at radius 3 is 2.52 bits per heavy atom. The van der Waals surface area contributed by atoms with Gasteiger partial charge >= 0.3 is 0 Å². The lowest BCUT2D eigenvalue weighted by atomic mass is 9.88. The fourth-order valence-corrected chi connectivity index (χ4v) is 2.99.